The van der Waals surface area contributed by atoms with Gasteiger partial charge in [0.15, 0.2) is 0 Å². The minimum atomic E-state index is -0.322. The summed E-state index contributed by atoms with van der Waals surface area (Å²) < 4.78 is 0.756. The molecule has 0 aromatic heterocycles. The van der Waals surface area contributed by atoms with Gasteiger partial charge in [-0.15, -0.1) is 0 Å². The zero-order valence-corrected chi connectivity index (χ0v) is 14.9. The van der Waals surface area contributed by atoms with Gasteiger partial charge in [0.2, 0.25) is 11.8 Å². The average molecular weight is 393 g/mol. The van der Waals surface area contributed by atoms with Crippen molar-refractivity contribution < 1.29 is 9.59 Å². The maximum Gasteiger partial charge on any atom is 0.237 e. The van der Waals surface area contributed by atoms with Gasteiger partial charge in [-0.05, 0) is 64.7 Å². The third-order valence-corrected chi connectivity index (χ3v) is 4.87. The van der Waals surface area contributed by atoms with Gasteiger partial charge in [-0.1, -0.05) is 29.8 Å². The fraction of sp³-hybridized carbons (Fsp3) is 0.222. The molecule has 2 amide bonds. The highest BCUT2D eigenvalue weighted by Gasteiger charge is 2.40. The number of hydrogen-bond donors (Lipinski definition) is 0. The highest BCUT2D eigenvalue weighted by molar-refractivity contribution is 9.10. The Bertz CT molecular complexity index is 773. The molecule has 0 saturated carbocycles. The zero-order valence-electron chi connectivity index (χ0n) is 12.6. The van der Waals surface area contributed by atoms with E-state index in [1.165, 1.54) is 4.90 Å². The summed E-state index contributed by atoms with van der Waals surface area (Å²) >= 11 is 9.33. The summed E-state index contributed by atoms with van der Waals surface area (Å²) in [5, 5.41) is 0.660. The van der Waals surface area contributed by atoms with Gasteiger partial charge in [-0.2, -0.15) is 0 Å². The van der Waals surface area contributed by atoms with Gasteiger partial charge in [0.05, 0.1) is 11.6 Å². The van der Waals surface area contributed by atoms with Crippen LogP contribution in [-0.4, -0.2) is 11.8 Å². The smallest absolute Gasteiger partial charge is 0.237 e. The van der Waals surface area contributed by atoms with E-state index in [2.05, 4.69) is 15.9 Å². The van der Waals surface area contributed by atoms with Crippen molar-refractivity contribution in [3.05, 3.63) is 63.1 Å². The molecule has 118 valence electrons. The molecule has 23 heavy (non-hydrogen) atoms. The molecule has 0 radical (unpaired) electrons. The third kappa shape index (κ3) is 3.33. The Balaban J connectivity index is 1.83. The number of rotatable bonds is 3. The van der Waals surface area contributed by atoms with Crippen LogP contribution in [0.4, 0.5) is 5.69 Å². The minimum absolute atomic E-state index is 0.144. The van der Waals surface area contributed by atoms with Gasteiger partial charge in [0.25, 0.3) is 0 Å². The first kappa shape index (κ1) is 16.2. The van der Waals surface area contributed by atoms with E-state index in [9.17, 15) is 9.59 Å². The molecule has 3 nitrogen and oxygen atoms in total. The number of anilines is 1. The summed E-state index contributed by atoms with van der Waals surface area (Å²) in [7, 11) is 0. The normalized spacial score (nSPS) is 17.9. The third-order valence-electron chi connectivity index (χ3n) is 3.98. The van der Waals surface area contributed by atoms with Crippen LogP contribution < -0.4 is 4.90 Å². The fourth-order valence-electron chi connectivity index (χ4n) is 2.81. The molecule has 1 heterocycles. The quantitative estimate of drug-likeness (QED) is 0.720. The van der Waals surface area contributed by atoms with Crippen molar-refractivity contribution in [2.75, 3.05) is 4.90 Å². The van der Waals surface area contributed by atoms with Gasteiger partial charge in [0, 0.05) is 15.9 Å². The van der Waals surface area contributed by atoms with E-state index in [1.54, 1.807) is 18.2 Å². The Hall–Kier alpha value is -1.65. The number of nitrogens with zero attached hydrogens (tertiary/aromatic N) is 1. The fourth-order valence-corrected chi connectivity index (χ4v) is 3.60. The molecule has 1 aliphatic rings. The second-order valence-electron chi connectivity index (χ2n) is 5.75. The van der Waals surface area contributed by atoms with E-state index >= 15 is 0 Å². The molecule has 5 heteroatoms. The van der Waals surface area contributed by atoms with E-state index in [-0.39, 0.29) is 24.2 Å². The number of halogens is 2. The standard InChI is InChI=1S/C18H15BrClNO2/c1-11-2-7-16(15(19)8-11)21-17(22)10-13(18(21)23)9-12-3-5-14(20)6-4-12/h2-8,13H,9-10H2,1H3/t13-/m0/s1. The Morgan fingerprint density at radius 1 is 1.17 bits per heavy atom. The SMILES string of the molecule is Cc1ccc(N2C(=O)C[C@H](Cc3ccc(Cl)cc3)C2=O)c(Br)c1. The Morgan fingerprint density at radius 3 is 2.52 bits per heavy atom. The van der Waals surface area contributed by atoms with Crippen molar-refractivity contribution in [3.8, 4) is 0 Å². The van der Waals surface area contributed by atoms with E-state index in [4.69, 9.17) is 11.6 Å². The molecule has 3 rings (SSSR count). The molecule has 2 aromatic rings. The average Bonchev–Trinajstić information content (AvgIpc) is 2.77. The van der Waals surface area contributed by atoms with Gasteiger partial charge in [-0.3, -0.25) is 9.59 Å². The number of carbonyl (C=O) groups is 2. The van der Waals surface area contributed by atoms with Crippen molar-refractivity contribution in [2.45, 2.75) is 19.8 Å². The molecular weight excluding hydrogens is 378 g/mol. The van der Waals surface area contributed by atoms with E-state index in [0.29, 0.717) is 17.1 Å². The van der Waals surface area contributed by atoms with Crippen molar-refractivity contribution >= 4 is 45.0 Å². The van der Waals surface area contributed by atoms with Crippen molar-refractivity contribution in [2.24, 2.45) is 5.92 Å². The Morgan fingerprint density at radius 2 is 1.87 bits per heavy atom. The lowest BCUT2D eigenvalue weighted by atomic mass is 9.98. The molecule has 1 saturated heterocycles. The van der Waals surface area contributed by atoms with Gasteiger partial charge < -0.3 is 0 Å². The maximum absolute atomic E-state index is 12.7. The summed E-state index contributed by atoms with van der Waals surface area (Å²) in [6.07, 6.45) is 0.781. The van der Waals surface area contributed by atoms with Gasteiger partial charge in [0.1, 0.15) is 0 Å². The van der Waals surface area contributed by atoms with Crippen LogP contribution in [0.5, 0.6) is 0 Å². The Kier molecular flexibility index (Phi) is 4.55. The molecule has 0 unspecified atom stereocenters. The van der Waals surface area contributed by atoms with Crippen molar-refractivity contribution in [1.29, 1.82) is 0 Å². The summed E-state index contributed by atoms with van der Waals surface area (Å²) in [4.78, 5) is 26.3. The highest BCUT2D eigenvalue weighted by Crippen LogP contribution is 2.34. The van der Waals surface area contributed by atoms with E-state index in [0.717, 1.165) is 15.6 Å². The van der Waals surface area contributed by atoms with Gasteiger partial charge in [-0.25, -0.2) is 4.90 Å². The highest BCUT2D eigenvalue weighted by atomic mass is 79.9. The number of aryl methyl sites for hydroxylation is 1. The molecule has 2 aromatic carbocycles. The Labute approximate surface area is 148 Å². The van der Waals surface area contributed by atoms with Crippen LogP contribution in [0.25, 0.3) is 0 Å². The van der Waals surface area contributed by atoms with E-state index in [1.807, 2.05) is 31.2 Å². The van der Waals surface area contributed by atoms with Crippen LogP contribution in [0, 0.1) is 12.8 Å². The number of hydrogen-bond acceptors (Lipinski definition) is 2. The maximum atomic E-state index is 12.7. The first-order valence-corrected chi connectivity index (χ1v) is 8.50. The molecule has 1 fully saturated rings. The number of carbonyl (C=O) groups excluding carboxylic acids is 2. The number of amides is 2. The molecule has 0 bridgehead atoms. The molecule has 0 spiro atoms. The molecular formula is C18H15BrClNO2. The first-order chi connectivity index (χ1) is 11.0. The minimum Gasteiger partial charge on any atom is -0.274 e. The second-order valence-corrected chi connectivity index (χ2v) is 7.04. The van der Waals surface area contributed by atoms with Crippen LogP contribution in [0.2, 0.25) is 5.02 Å². The molecule has 1 aliphatic heterocycles. The van der Waals surface area contributed by atoms with Crippen LogP contribution in [-0.2, 0) is 16.0 Å². The van der Waals surface area contributed by atoms with Gasteiger partial charge >= 0.3 is 0 Å². The summed E-state index contributed by atoms with van der Waals surface area (Å²) in [5.41, 5.74) is 2.69. The van der Waals surface area contributed by atoms with E-state index < -0.39 is 0 Å². The summed E-state index contributed by atoms with van der Waals surface area (Å²) in [6.45, 7) is 1.96. The zero-order chi connectivity index (χ0) is 16.6. The van der Waals surface area contributed by atoms with Crippen molar-refractivity contribution in [3.63, 3.8) is 0 Å². The largest absolute Gasteiger partial charge is 0.274 e. The van der Waals surface area contributed by atoms with Crippen molar-refractivity contribution in [1.82, 2.24) is 0 Å². The number of benzene rings is 2. The lowest BCUT2D eigenvalue weighted by Gasteiger charge is -2.17. The monoisotopic (exact) mass is 391 g/mol. The van der Waals surface area contributed by atoms with Crippen LogP contribution in [0.3, 0.4) is 0 Å². The second kappa shape index (κ2) is 6.46. The lowest BCUT2D eigenvalue weighted by Crippen LogP contribution is -2.31. The lowest BCUT2D eigenvalue weighted by molar-refractivity contribution is -0.122. The first-order valence-electron chi connectivity index (χ1n) is 7.33. The summed E-state index contributed by atoms with van der Waals surface area (Å²) in [6, 6.07) is 13.0. The van der Waals surface area contributed by atoms with Crippen LogP contribution >= 0.6 is 27.5 Å². The number of imide groups is 1. The predicted molar refractivity (Wildman–Crippen MR) is 94.6 cm³/mol. The topological polar surface area (TPSA) is 37.4 Å². The predicted octanol–water partition coefficient (Wildman–Crippen LogP) is 4.53. The molecule has 1 atom stereocenters. The van der Waals surface area contributed by atoms with Crippen LogP contribution in [0.1, 0.15) is 17.5 Å². The molecule has 0 N–H and O–H groups in total. The summed E-state index contributed by atoms with van der Waals surface area (Å²) in [5.74, 6) is -0.620. The van der Waals surface area contributed by atoms with Crippen LogP contribution in [0.15, 0.2) is 46.9 Å². The molecule has 0 aliphatic carbocycles.